The Balaban J connectivity index is 2.17. The number of carboxylic acid groups (broad SMARTS) is 1. The molecule has 1 unspecified atom stereocenters. The van der Waals surface area contributed by atoms with E-state index in [4.69, 9.17) is 5.11 Å². The SMILES string of the molecule is CC(C(=O)N(C)c1ccccc1)n1ccc(C(=O)O)n1. The van der Waals surface area contributed by atoms with Crippen LogP contribution in [0.15, 0.2) is 42.6 Å². The van der Waals surface area contributed by atoms with Crippen LogP contribution in [0.5, 0.6) is 0 Å². The number of aromatic carboxylic acids is 1. The van der Waals surface area contributed by atoms with Crippen molar-refractivity contribution in [3.05, 3.63) is 48.3 Å². The number of likely N-dealkylation sites (N-methyl/N-ethyl adjacent to an activating group) is 1. The molecule has 20 heavy (non-hydrogen) atoms. The van der Waals surface area contributed by atoms with E-state index in [1.165, 1.54) is 21.8 Å². The molecule has 0 spiro atoms. The zero-order chi connectivity index (χ0) is 14.7. The Morgan fingerprint density at radius 3 is 2.45 bits per heavy atom. The van der Waals surface area contributed by atoms with Crippen molar-refractivity contribution in [2.45, 2.75) is 13.0 Å². The third kappa shape index (κ3) is 2.69. The molecule has 6 nitrogen and oxygen atoms in total. The fraction of sp³-hybridized carbons (Fsp3) is 0.214. The lowest BCUT2D eigenvalue weighted by Crippen LogP contribution is -2.33. The molecule has 1 N–H and O–H groups in total. The summed E-state index contributed by atoms with van der Waals surface area (Å²) in [4.78, 5) is 24.7. The maximum atomic E-state index is 12.3. The molecule has 2 rings (SSSR count). The molecule has 1 aromatic carbocycles. The van der Waals surface area contributed by atoms with Crippen molar-refractivity contribution in [3.63, 3.8) is 0 Å². The van der Waals surface area contributed by atoms with Gasteiger partial charge < -0.3 is 10.0 Å². The number of aromatic nitrogens is 2. The van der Waals surface area contributed by atoms with Gasteiger partial charge >= 0.3 is 5.97 Å². The van der Waals surface area contributed by atoms with Gasteiger partial charge in [-0.3, -0.25) is 9.48 Å². The molecule has 0 aliphatic heterocycles. The Kier molecular flexibility index (Phi) is 3.84. The van der Waals surface area contributed by atoms with Gasteiger partial charge in [0.15, 0.2) is 5.69 Å². The summed E-state index contributed by atoms with van der Waals surface area (Å²) >= 11 is 0. The molecular formula is C14H15N3O3. The highest BCUT2D eigenvalue weighted by Gasteiger charge is 2.21. The first kappa shape index (κ1) is 13.8. The largest absolute Gasteiger partial charge is 0.476 e. The molecule has 1 amide bonds. The molecule has 0 bridgehead atoms. The summed E-state index contributed by atoms with van der Waals surface area (Å²) in [6.07, 6.45) is 1.49. The second kappa shape index (κ2) is 5.56. The highest BCUT2D eigenvalue weighted by atomic mass is 16.4. The van der Waals surface area contributed by atoms with E-state index in [9.17, 15) is 9.59 Å². The van der Waals surface area contributed by atoms with Gasteiger partial charge in [0, 0.05) is 18.9 Å². The number of benzene rings is 1. The van der Waals surface area contributed by atoms with Gasteiger partial charge in [-0.2, -0.15) is 5.10 Å². The van der Waals surface area contributed by atoms with Crippen molar-refractivity contribution in [1.29, 1.82) is 0 Å². The van der Waals surface area contributed by atoms with Crippen molar-refractivity contribution in [2.24, 2.45) is 0 Å². The molecule has 0 radical (unpaired) electrons. The van der Waals surface area contributed by atoms with Crippen LogP contribution in [-0.2, 0) is 4.79 Å². The van der Waals surface area contributed by atoms with Crippen LogP contribution in [0.3, 0.4) is 0 Å². The average Bonchev–Trinajstić information content (AvgIpc) is 2.96. The van der Waals surface area contributed by atoms with E-state index in [1.807, 2.05) is 30.3 Å². The molecule has 0 fully saturated rings. The monoisotopic (exact) mass is 273 g/mol. The fourth-order valence-corrected chi connectivity index (χ4v) is 1.84. The summed E-state index contributed by atoms with van der Waals surface area (Å²) in [5.41, 5.74) is 0.696. The summed E-state index contributed by atoms with van der Waals surface area (Å²) in [5.74, 6) is -1.28. The van der Waals surface area contributed by atoms with Crippen LogP contribution in [0, 0.1) is 0 Å². The quantitative estimate of drug-likeness (QED) is 0.921. The minimum atomic E-state index is -1.11. The lowest BCUT2D eigenvalue weighted by atomic mass is 10.2. The van der Waals surface area contributed by atoms with Gasteiger partial charge in [-0.15, -0.1) is 0 Å². The van der Waals surface area contributed by atoms with Crippen molar-refractivity contribution in [3.8, 4) is 0 Å². The zero-order valence-corrected chi connectivity index (χ0v) is 11.2. The van der Waals surface area contributed by atoms with Gasteiger partial charge in [0.25, 0.3) is 5.91 Å². The molecule has 0 saturated carbocycles. The van der Waals surface area contributed by atoms with Gasteiger partial charge in [-0.1, -0.05) is 18.2 Å². The number of carbonyl (C=O) groups excluding carboxylic acids is 1. The second-order valence-electron chi connectivity index (χ2n) is 4.39. The predicted molar refractivity (Wildman–Crippen MR) is 73.7 cm³/mol. The molecule has 0 aliphatic rings. The van der Waals surface area contributed by atoms with E-state index in [0.29, 0.717) is 0 Å². The van der Waals surface area contributed by atoms with Crippen LogP contribution in [0.2, 0.25) is 0 Å². The van der Waals surface area contributed by atoms with E-state index < -0.39 is 12.0 Å². The van der Waals surface area contributed by atoms with E-state index >= 15 is 0 Å². The summed E-state index contributed by atoms with van der Waals surface area (Å²) in [7, 11) is 1.68. The van der Waals surface area contributed by atoms with E-state index in [-0.39, 0.29) is 11.6 Å². The van der Waals surface area contributed by atoms with E-state index in [0.717, 1.165) is 5.69 Å². The molecular weight excluding hydrogens is 258 g/mol. The van der Waals surface area contributed by atoms with Crippen LogP contribution in [0.1, 0.15) is 23.5 Å². The van der Waals surface area contributed by atoms with Gasteiger partial charge in [0.05, 0.1) is 0 Å². The molecule has 104 valence electrons. The Morgan fingerprint density at radius 2 is 1.90 bits per heavy atom. The van der Waals surface area contributed by atoms with Crippen LogP contribution in [0.25, 0.3) is 0 Å². The summed E-state index contributed by atoms with van der Waals surface area (Å²) in [5, 5.41) is 12.7. The van der Waals surface area contributed by atoms with Crippen molar-refractivity contribution in [1.82, 2.24) is 9.78 Å². The molecule has 0 saturated heterocycles. The Bertz CT molecular complexity index is 622. The third-order valence-corrected chi connectivity index (χ3v) is 3.06. The number of hydrogen-bond acceptors (Lipinski definition) is 3. The maximum absolute atomic E-state index is 12.3. The third-order valence-electron chi connectivity index (χ3n) is 3.06. The summed E-state index contributed by atoms with van der Waals surface area (Å²) < 4.78 is 1.35. The van der Waals surface area contributed by atoms with Gasteiger partial charge in [-0.25, -0.2) is 4.79 Å². The predicted octanol–water partition coefficient (Wildman–Crippen LogP) is 1.81. The number of nitrogens with zero attached hydrogens (tertiary/aromatic N) is 3. The number of carboxylic acids is 1. The highest BCUT2D eigenvalue weighted by molar-refractivity contribution is 5.95. The molecule has 1 heterocycles. The minimum Gasteiger partial charge on any atom is -0.476 e. The van der Waals surface area contributed by atoms with Gasteiger partial charge in [-0.05, 0) is 25.1 Å². The van der Waals surface area contributed by atoms with Gasteiger partial charge in [0.2, 0.25) is 0 Å². The van der Waals surface area contributed by atoms with Crippen LogP contribution in [-0.4, -0.2) is 33.8 Å². The van der Waals surface area contributed by atoms with E-state index in [1.54, 1.807) is 14.0 Å². The van der Waals surface area contributed by atoms with Crippen LogP contribution < -0.4 is 4.90 Å². The molecule has 6 heteroatoms. The number of para-hydroxylation sites is 1. The smallest absolute Gasteiger partial charge is 0.356 e. The Labute approximate surface area is 116 Å². The van der Waals surface area contributed by atoms with Crippen LogP contribution >= 0.6 is 0 Å². The fourth-order valence-electron chi connectivity index (χ4n) is 1.84. The number of carbonyl (C=O) groups is 2. The lowest BCUT2D eigenvalue weighted by molar-refractivity contribution is -0.121. The number of rotatable bonds is 4. The molecule has 1 atom stereocenters. The summed E-state index contributed by atoms with van der Waals surface area (Å²) in [6.45, 7) is 1.68. The van der Waals surface area contributed by atoms with Crippen molar-refractivity contribution < 1.29 is 14.7 Å². The first-order valence-electron chi connectivity index (χ1n) is 6.12. The first-order chi connectivity index (χ1) is 9.50. The summed E-state index contributed by atoms with van der Waals surface area (Å²) in [6, 6.07) is 10.0. The molecule has 2 aromatic rings. The zero-order valence-electron chi connectivity index (χ0n) is 11.2. The normalized spacial score (nSPS) is 11.9. The maximum Gasteiger partial charge on any atom is 0.356 e. The van der Waals surface area contributed by atoms with Crippen LogP contribution in [0.4, 0.5) is 5.69 Å². The van der Waals surface area contributed by atoms with E-state index in [2.05, 4.69) is 5.10 Å². The Morgan fingerprint density at radius 1 is 1.25 bits per heavy atom. The highest BCUT2D eigenvalue weighted by Crippen LogP contribution is 2.16. The molecule has 0 aliphatic carbocycles. The number of anilines is 1. The average molecular weight is 273 g/mol. The van der Waals surface area contributed by atoms with Crippen molar-refractivity contribution >= 4 is 17.6 Å². The number of amides is 1. The lowest BCUT2D eigenvalue weighted by Gasteiger charge is -2.21. The molecule has 1 aromatic heterocycles. The minimum absolute atomic E-state index is 0.0768. The number of hydrogen-bond donors (Lipinski definition) is 1. The topological polar surface area (TPSA) is 75.4 Å². The van der Waals surface area contributed by atoms with Crippen molar-refractivity contribution in [2.75, 3.05) is 11.9 Å². The Hall–Kier alpha value is -2.63. The first-order valence-corrected chi connectivity index (χ1v) is 6.12. The van der Waals surface area contributed by atoms with Gasteiger partial charge in [0.1, 0.15) is 6.04 Å². The standard InChI is InChI=1S/C14H15N3O3/c1-10(17-9-8-12(15-17)14(19)20)13(18)16(2)11-6-4-3-5-7-11/h3-10H,1-2H3,(H,19,20). The second-order valence-corrected chi connectivity index (χ2v) is 4.39.